The molecule has 1 atom stereocenters. The van der Waals surface area contributed by atoms with Gasteiger partial charge in [-0.3, -0.25) is 4.79 Å². The van der Waals surface area contributed by atoms with Crippen LogP contribution in [0.3, 0.4) is 0 Å². The van der Waals surface area contributed by atoms with Crippen LogP contribution in [0.5, 0.6) is 0 Å². The van der Waals surface area contributed by atoms with Gasteiger partial charge < -0.3 is 5.32 Å². The molecule has 3 aromatic rings. The number of fused-ring (bicyclic) bond motifs is 1. The van der Waals surface area contributed by atoms with Crippen molar-refractivity contribution in [3.63, 3.8) is 0 Å². The van der Waals surface area contributed by atoms with Gasteiger partial charge in [0.15, 0.2) is 0 Å². The molecule has 24 heavy (non-hydrogen) atoms. The Morgan fingerprint density at radius 2 is 1.54 bits per heavy atom. The molecule has 0 spiro atoms. The van der Waals surface area contributed by atoms with Crippen molar-refractivity contribution in [3.8, 4) is 0 Å². The van der Waals surface area contributed by atoms with Crippen molar-refractivity contribution in [2.45, 2.75) is 18.8 Å². The fourth-order valence-corrected chi connectivity index (χ4v) is 3.66. The van der Waals surface area contributed by atoms with E-state index in [1.54, 1.807) is 0 Å². The molecular weight excluding hydrogens is 294 g/mol. The maximum absolute atomic E-state index is 13.2. The molecule has 2 heteroatoms. The summed E-state index contributed by atoms with van der Waals surface area (Å²) in [6, 6.07) is 26.5. The number of carbonyl (C=O) groups excluding carboxylic acids is 1. The molecule has 0 aliphatic carbocycles. The molecule has 0 radical (unpaired) electrons. The number of hydrogen-bond donors (Lipinski definition) is 1. The smallest absolute Gasteiger partial charge is 0.239 e. The first kappa shape index (κ1) is 14.7. The molecule has 0 saturated heterocycles. The Morgan fingerprint density at radius 1 is 0.875 bits per heavy atom. The fraction of sp³-hybridized carbons (Fsp3) is 0.136. The molecule has 4 rings (SSSR count). The normalized spacial score (nSPS) is 19.0. The first-order chi connectivity index (χ1) is 11.7. The number of aryl methyl sites for hydroxylation is 1. The highest BCUT2D eigenvalue weighted by Gasteiger charge is 2.48. The Morgan fingerprint density at radius 3 is 2.25 bits per heavy atom. The van der Waals surface area contributed by atoms with Crippen LogP contribution in [0.1, 0.15) is 22.3 Å². The number of anilines is 1. The Labute approximate surface area is 142 Å². The maximum Gasteiger partial charge on any atom is 0.239 e. The summed E-state index contributed by atoms with van der Waals surface area (Å²) < 4.78 is 0. The molecule has 0 saturated carbocycles. The van der Waals surface area contributed by atoms with Gasteiger partial charge in [-0.05, 0) is 36.1 Å². The van der Waals surface area contributed by atoms with E-state index in [0.29, 0.717) is 6.42 Å². The van der Waals surface area contributed by atoms with Crippen molar-refractivity contribution in [2.24, 2.45) is 0 Å². The van der Waals surface area contributed by atoms with Gasteiger partial charge in [-0.15, -0.1) is 0 Å². The van der Waals surface area contributed by atoms with E-state index in [2.05, 4.69) is 42.6 Å². The van der Waals surface area contributed by atoms with Crippen molar-refractivity contribution in [2.75, 3.05) is 5.32 Å². The fourth-order valence-electron chi connectivity index (χ4n) is 3.66. The predicted molar refractivity (Wildman–Crippen MR) is 97.2 cm³/mol. The molecule has 1 unspecified atom stereocenters. The number of nitrogens with one attached hydrogen (secondary N) is 1. The molecule has 1 heterocycles. The molecule has 1 amide bonds. The van der Waals surface area contributed by atoms with E-state index in [4.69, 9.17) is 0 Å². The predicted octanol–water partition coefficient (Wildman–Crippen LogP) is 4.48. The highest BCUT2D eigenvalue weighted by atomic mass is 16.2. The lowest BCUT2D eigenvalue weighted by Gasteiger charge is -2.28. The summed E-state index contributed by atoms with van der Waals surface area (Å²) in [6.45, 7) is 2.07. The summed E-state index contributed by atoms with van der Waals surface area (Å²) in [5, 5.41) is 3.10. The topological polar surface area (TPSA) is 29.1 Å². The Hall–Kier alpha value is -2.87. The monoisotopic (exact) mass is 313 g/mol. The van der Waals surface area contributed by atoms with Crippen molar-refractivity contribution in [1.29, 1.82) is 0 Å². The van der Waals surface area contributed by atoms with Crippen molar-refractivity contribution in [3.05, 3.63) is 101 Å². The van der Waals surface area contributed by atoms with Crippen molar-refractivity contribution >= 4 is 11.6 Å². The summed E-state index contributed by atoms with van der Waals surface area (Å²) in [5.74, 6) is 0.0538. The molecule has 0 fully saturated rings. The van der Waals surface area contributed by atoms with Gasteiger partial charge in [0.25, 0.3) is 0 Å². The highest BCUT2D eigenvalue weighted by Crippen LogP contribution is 2.45. The van der Waals surface area contributed by atoms with Crippen LogP contribution in [-0.2, 0) is 16.6 Å². The molecule has 1 N–H and O–H groups in total. The lowest BCUT2D eigenvalue weighted by atomic mass is 9.71. The summed E-state index contributed by atoms with van der Waals surface area (Å²) in [4.78, 5) is 13.2. The highest BCUT2D eigenvalue weighted by molar-refractivity contribution is 6.09. The third-order valence-electron chi connectivity index (χ3n) is 4.85. The number of carbonyl (C=O) groups is 1. The van der Waals surface area contributed by atoms with Gasteiger partial charge in [0.2, 0.25) is 5.91 Å². The van der Waals surface area contributed by atoms with Crippen LogP contribution in [-0.4, -0.2) is 5.91 Å². The standard InChI is InChI=1S/C22H19NO/c1-16-12-13-20-19(14-16)22(21(24)23-20,18-10-6-3-7-11-18)15-17-8-4-2-5-9-17/h2-14H,15H2,1H3,(H,23,24). The third-order valence-corrected chi connectivity index (χ3v) is 4.85. The Kier molecular flexibility index (Phi) is 3.46. The number of amides is 1. The van der Waals surface area contributed by atoms with E-state index >= 15 is 0 Å². The zero-order valence-electron chi connectivity index (χ0n) is 13.6. The van der Waals surface area contributed by atoms with Crippen molar-refractivity contribution < 1.29 is 4.79 Å². The average Bonchev–Trinajstić information content (AvgIpc) is 2.89. The SMILES string of the molecule is Cc1ccc2c(c1)C(Cc1ccccc1)(c1ccccc1)C(=O)N2. The van der Waals surface area contributed by atoms with E-state index in [9.17, 15) is 4.79 Å². The van der Waals surface area contributed by atoms with Gasteiger partial charge in [0, 0.05) is 5.69 Å². The molecule has 3 aromatic carbocycles. The van der Waals surface area contributed by atoms with Crippen LogP contribution in [0.15, 0.2) is 78.9 Å². The van der Waals surface area contributed by atoms with Crippen LogP contribution in [0.25, 0.3) is 0 Å². The third kappa shape index (κ3) is 2.23. The van der Waals surface area contributed by atoms with Gasteiger partial charge in [-0.1, -0.05) is 78.4 Å². The second-order valence-electron chi connectivity index (χ2n) is 6.44. The van der Waals surface area contributed by atoms with Crippen molar-refractivity contribution in [1.82, 2.24) is 0 Å². The molecular formula is C22H19NO. The van der Waals surface area contributed by atoms with Gasteiger partial charge in [-0.25, -0.2) is 0 Å². The van der Waals surface area contributed by atoms with E-state index in [-0.39, 0.29) is 5.91 Å². The van der Waals surface area contributed by atoms with E-state index in [0.717, 1.165) is 22.4 Å². The average molecular weight is 313 g/mol. The molecule has 0 bridgehead atoms. The van der Waals surface area contributed by atoms with Crippen LogP contribution in [0.4, 0.5) is 5.69 Å². The van der Waals surface area contributed by atoms with Gasteiger partial charge in [0.05, 0.1) is 0 Å². The van der Waals surface area contributed by atoms with Crippen LogP contribution >= 0.6 is 0 Å². The Balaban J connectivity index is 1.96. The molecule has 1 aliphatic rings. The molecule has 2 nitrogen and oxygen atoms in total. The van der Waals surface area contributed by atoms with Crippen LogP contribution in [0, 0.1) is 6.92 Å². The first-order valence-corrected chi connectivity index (χ1v) is 8.22. The quantitative estimate of drug-likeness (QED) is 0.759. The van der Waals surface area contributed by atoms with Crippen LogP contribution < -0.4 is 5.32 Å². The van der Waals surface area contributed by atoms with E-state index in [1.807, 2.05) is 48.5 Å². The van der Waals surface area contributed by atoms with E-state index in [1.165, 1.54) is 5.56 Å². The Bertz CT molecular complexity index is 886. The zero-order valence-corrected chi connectivity index (χ0v) is 13.6. The number of benzene rings is 3. The second kappa shape index (κ2) is 5.64. The van der Waals surface area contributed by atoms with Gasteiger partial charge in [0.1, 0.15) is 5.41 Å². The molecule has 1 aliphatic heterocycles. The summed E-state index contributed by atoms with van der Waals surface area (Å²) in [5.41, 5.74) is 4.68. The molecule has 118 valence electrons. The number of hydrogen-bond acceptors (Lipinski definition) is 1. The van der Waals surface area contributed by atoms with E-state index < -0.39 is 5.41 Å². The minimum absolute atomic E-state index is 0.0538. The maximum atomic E-state index is 13.2. The summed E-state index contributed by atoms with van der Waals surface area (Å²) in [7, 11) is 0. The second-order valence-corrected chi connectivity index (χ2v) is 6.44. The lowest BCUT2D eigenvalue weighted by Crippen LogP contribution is -2.38. The summed E-state index contributed by atoms with van der Waals surface area (Å²) >= 11 is 0. The first-order valence-electron chi connectivity index (χ1n) is 8.22. The zero-order chi connectivity index (χ0) is 16.6. The van der Waals surface area contributed by atoms with Gasteiger partial charge in [-0.2, -0.15) is 0 Å². The van der Waals surface area contributed by atoms with Gasteiger partial charge >= 0.3 is 0 Å². The summed E-state index contributed by atoms with van der Waals surface area (Å²) in [6.07, 6.45) is 0.653. The largest absolute Gasteiger partial charge is 0.325 e. The minimum atomic E-state index is -0.677. The minimum Gasteiger partial charge on any atom is -0.325 e. The molecule has 0 aromatic heterocycles. The lowest BCUT2D eigenvalue weighted by molar-refractivity contribution is -0.119. The number of rotatable bonds is 3. The van der Waals surface area contributed by atoms with Crippen LogP contribution in [0.2, 0.25) is 0 Å².